The van der Waals surface area contributed by atoms with Crippen LogP contribution in [0.25, 0.3) is 10.2 Å². The molecule has 3 rings (SSSR count). The van der Waals surface area contributed by atoms with Crippen molar-refractivity contribution in [2.24, 2.45) is 12.0 Å². The van der Waals surface area contributed by atoms with Gasteiger partial charge in [0.15, 0.2) is 4.80 Å². The van der Waals surface area contributed by atoms with E-state index in [9.17, 15) is 4.79 Å². The van der Waals surface area contributed by atoms with Crippen molar-refractivity contribution >= 4 is 27.5 Å². The summed E-state index contributed by atoms with van der Waals surface area (Å²) in [6, 6.07) is 14.3. The van der Waals surface area contributed by atoms with Gasteiger partial charge in [0, 0.05) is 12.6 Å². The Kier molecular flexibility index (Phi) is 4.45. The van der Waals surface area contributed by atoms with Crippen molar-refractivity contribution in [3.05, 3.63) is 58.4 Å². The number of amides is 1. The minimum absolute atomic E-state index is 0.327. The number of aromatic nitrogens is 1. The highest BCUT2D eigenvalue weighted by Gasteiger charge is 2.08. The monoisotopic (exact) mass is 337 g/mol. The number of ether oxygens (including phenoxy) is 1. The van der Waals surface area contributed by atoms with Crippen molar-refractivity contribution < 1.29 is 9.53 Å². The third-order valence-electron chi connectivity index (χ3n) is 3.55. The van der Waals surface area contributed by atoms with Crippen LogP contribution < -0.4 is 9.54 Å². The number of hydrogen-bond acceptors (Lipinski definition) is 4. The van der Waals surface area contributed by atoms with Crippen LogP contribution in [0, 0.1) is 11.3 Å². The summed E-state index contributed by atoms with van der Waals surface area (Å²) in [5, 5.41) is 8.81. The fourth-order valence-corrected chi connectivity index (χ4v) is 3.36. The highest BCUT2D eigenvalue weighted by molar-refractivity contribution is 7.16. The number of rotatable bonds is 3. The Morgan fingerprint density at radius 3 is 2.71 bits per heavy atom. The topological polar surface area (TPSA) is 67.4 Å². The van der Waals surface area contributed by atoms with E-state index in [4.69, 9.17) is 10.00 Å². The van der Waals surface area contributed by atoms with Crippen LogP contribution in [-0.4, -0.2) is 17.1 Å². The number of nitrogens with zero attached hydrogens (tertiary/aromatic N) is 3. The molecule has 0 atom stereocenters. The largest absolute Gasteiger partial charge is 0.494 e. The SMILES string of the molecule is CCOc1ccc2c(c1)sc(=NC(=O)c1ccc(C#N)cc1)n2C. The summed E-state index contributed by atoms with van der Waals surface area (Å²) < 4.78 is 8.40. The Balaban J connectivity index is 2.00. The van der Waals surface area contributed by atoms with Gasteiger partial charge in [0.25, 0.3) is 5.91 Å². The summed E-state index contributed by atoms with van der Waals surface area (Å²) >= 11 is 1.44. The van der Waals surface area contributed by atoms with Gasteiger partial charge in [-0.25, -0.2) is 0 Å². The van der Waals surface area contributed by atoms with Crippen molar-refractivity contribution in [3.8, 4) is 11.8 Å². The van der Waals surface area contributed by atoms with Gasteiger partial charge in [-0.2, -0.15) is 10.3 Å². The lowest BCUT2D eigenvalue weighted by Gasteiger charge is -2.02. The Morgan fingerprint density at radius 1 is 1.29 bits per heavy atom. The number of aryl methyl sites for hydroxylation is 1. The third-order valence-corrected chi connectivity index (χ3v) is 4.64. The normalized spacial score (nSPS) is 11.5. The number of benzene rings is 2. The van der Waals surface area contributed by atoms with Crippen molar-refractivity contribution in [2.45, 2.75) is 6.92 Å². The zero-order valence-electron chi connectivity index (χ0n) is 13.3. The van der Waals surface area contributed by atoms with E-state index in [0.29, 0.717) is 22.5 Å². The van der Waals surface area contributed by atoms with E-state index in [-0.39, 0.29) is 5.91 Å². The van der Waals surface area contributed by atoms with Gasteiger partial charge in [-0.3, -0.25) is 4.79 Å². The molecule has 0 spiro atoms. The highest BCUT2D eigenvalue weighted by Crippen LogP contribution is 2.22. The average molecular weight is 337 g/mol. The first-order valence-electron chi connectivity index (χ1n) is 7.44. The van der Waals surface area contributed by atoms with Gasteiger partial charge in [-0.15, -0.1) is 0 Å². The van der Waals surface area contributed by atoms with Crippen molar-refractivity contribution in [1.82, 2.24) is 4.57 Å². The lowest BCUT2D eigenvalue weighted by molar-refractivity contribution is 0.0998. The minimum atomic E-state index is -0.327. The van der Waals surface area contributed by atoms with Crippen LogP contribution in [0.1, 0.15) is 22.8 Å². The molecule has 0 N–H and O–H groups in total. The smallest absolute Gasteiger partial charge is 0.279 e. The number of fused-ring (bicyclic) bond motifs is 1. The molecule has 0 aliphatic rings. The van der Waals surface area contributed by atoms with Crippen molar-refractivity contribution in [2.75, 3.05) is 6.61 Å². The van der Waals surface area contributed by atoms with Gasteiger partial charge in [0.2, 0.25) is 0 Å². The fourth-order valence-electron chi connectivity index (χ4n) is 2.32. The number of carbonyl (C=O) groups excluding carboxylic acids is 1. The maximum Gasteiger partial charge on any atom is 0.279 e. The summed E-state index contributed by atoms with van der Waals surface area (Å²) in [6.45, 7) is 2.55. The van der Waals surface area contributed by atoms with Crippen molar-refractivity contribution in [1.29, 1.82) is 5.26 Å². The maximum absolute atomic E-state index is 12.3. The molecular formula is C18H15N3O2S. The van der Waals surface area contributed by atoms with E-state index in [1.165, 1.54) is 11.3 Å². The van der Waals surface area contributed by atoms with Crippen LogP contribution in [0.2, 0.25) is 0 Å². The molecule has 0 radical (unpaired) electrons. The zero-order valence-corrected chi connectivity index (χ0v) is 14.1. The predicted molar refractivity (Wildman–Crippen MR) is 93.0 cm³/mol. The standard InChI is InChI=1S/C18H15N3O2S/c1-3-23-14-8-9-15-16(10-14)24-18(21(15)2)20-17(22)13-6-4-12(11-19)5-7-13/h4-10H,3H2,1-2H3. The van der Waals surface area contributed by atoms with Crippen LogP contribution in [0.4, 0.5) is 0 Å². The molecular weight excluding hydrogens is 322 g/mol. The summed E-state index contributed by atoms with van der Waals surface area (Å²) in [5.74, 6) is 0.475. The maximum atomic E-state index is 12.3. The molecule has 24 heavy (non-hydrogen) atoms. The molecule has 0 unspecified atom stereocenters. The molecule has 0 saturated carbocycles. The first-order chi connectivity index (χ1) is 11.6. The van der Waals surface area contributed by atoms with Crippen molar-refractivity contribution in [3.63, 3.8) is 0 Å². The van der Waals surface area contributed by atoms with Crippen LogP contribution >= 0.6 is 11.3 Å². The van der Waals surface area contributed by atoms with E-state index in [1.807, 2.05) is 42.8 Å². The van der Waals surface area contributed by atoms with Gasteiger partial charge >= 0.3 is 0 Å². The Labute approximate surface area is 143 Å². The first kappa shape index (κ1) is 16.0. The number of hydrogen-bond donors (Lipinski definition) is 0. The predicted octanol–water partition coefficient (Wildman–Crippen LogP) is 3.25. The average Bonchev–Trinajstić information content (AvgIpc) is 2.90. The third kappa shape index (κ3) is 3.07. The van der Waals surface area contributed by atoms with Crippen LogP contribution in [-0.2, 0) is 7.05 Å². The first-order valence-corrected chi connectivity index (χ1v) is 8.25. The highest BCUT2D eigenvalue weighted by atomic mass is 32.1. The van der Waals surface area contributed by atoms with E-state index in [1.54, 1.807) is 24.3 Å². The number of thiazole rings is 1. The molecule has 0 aliphatic carbocycles. The second kappa shape index (κ2) is 6.69. The fraction of sp³-hybridized carbons (Fsp3) is 0.167. The molecule has 120 valence electrons. The van der Waals surface area contributed by atoms with E-state index >= 15 is 0 Å². The summed E-state index contributed by atoms with van der Waals surface area (Å²) in [5.41, 5.74) is 1.97. The molecule has 0 fully saturated rings. The second-order valence-electron chi connectivity index (χ2n) is 5.11. The lowest BCUT2D eigenvalue weighted by atomic mass is 10.1. The summed E-state index contributed by atoms with van der Waals surface area (Å²) in [4.78, 5) is 17.2. The Morgan fingerprint density at radius 2 is 2.04 bits per heavy atom. The van der Waals surface area contributed by atoms with Crippen LogP contribution in [0.15, 0.2) is 47.5 Å². The van der Waals surface area contributed by atoms with Crippen LogP contribution in [0.3, 0.4) is 0 Å². The minimum Gasteiger partial charge on any atom is -0.494 e. The van der Waals surface area contributed by atoms with E-state index in [2.05, 4.69) is 4.99 Å². The second-order valence-corrected chi connectivity index (χ2v) is 6.12. The van der Waals surface area contributed by atoms with Gasteiger partial charge < -0.3 is 9.30 Å². The van der Waals surface area contributed by atoms with Gasteiger partial charge in [0.1, 0.15) is 5.75 Å². The molecule has 0 bridgehead atoms. The molecule has 2 aromatic carbocycles. The Hall–Kier alpha value is -2.91. The molecule has 5 nitrogen and oxygen atoms in total. The quantitative estimate of drug-likeness (QED) is 0.737. The number of nitriles is 1. The van der Waals surface area contributed by atoms with Gasteiger partial charge in [-0.05, 0) is 49.4 Å². The molecule has 1 heterocycles. The Bertz CT molecular complexity index is 1010. The van der Waals surface area contributed by atoms with E-state index in [0.717, 1.165) is 16.0 Å². The summed E-state index contributed by atoms with van der Waals surface area (Å²) in [6.07, 6.45) is 0. The molecule has 1 aromatic heterocycles. The molecule has 0 saturated heterocycles. The molecule has 3 aromatic rings. The zero-order chi connectivity index (χ0) is 17.1. The molecule has 0 aliphatic heterocycles. The van der Waals surface area contributed by atoms with E-state index < -0.39 is 0 Å². The molecule has 1 amide bonds. The van der Waals surface area contributed by atoms with Gasteiger partial charge in [0.05, 0.1) is 28.5 Å². The molecule has 6 heteroatoms. The summed E-state index contributed by atoms with van der Waals surface area (Å²) in [7, 11) is 1.88. The number of carbonyl (C=O) groups is 1. The lowest BCUT2D eigenvalue weighted by Crippen LogP contribution is -2.13. The van der Waals surface area contributed by atoms with Gasteiger partial charge in [-0.1, -0.05) is 11.3 Å². The van der Waals surface area contributed by atoms with Crippen LogP contribution in [0.5, 0.6) is 5.75 Å².